The fourth-order valence-electron chi connectivity index (χ4n) is 1.02. The van der Waals surface area contributed by atoms with E-state index in [0.29, 0.717) is 5.56 Å². The summed E-state index contributed by atoms with van der Waals surface area (Å²) in [7, 11) is -2.57. The minimum atomic E-state index is -2.57. The zero-order chi connectivity index (χ0) is 11.4. The summed E-state index contributed by atoms with van der Waals surface area (Å²) in [6.45, 7) is 3.46. The third kappa shape index (κ3) is 2.75. The molecule has 1 aromatic rings. The Morgan fingerprint density at radius 1 is 1.33 bits per heavy atom. The van der Waals surface area contributed by atoms with Crippen LogP contribution in [0.1, 0.15) is 5.56 Å². The van der Waals surface area contributed by atoms with Crippen LogP contribution in [0.15, 0.2) is 35.2 Å². The largest absolute Gasteiger partial charge is 0.366 e. The van der Waals surface area contributed by atoms with Crippen molar-refractivity contribution in [1.82, 2.24) is 0 Å². The average molecular weight is 224 g/mol. The summed E-state index contributed by atoms with van der Waals surface area (Å²) < 4.78 is 24.1. The van der Waals surface area contributed by atoms with Crippen LogP contribution in [0.5, 0.6) is 0 Å². The monoisotopic (exact) mass is 224 g/mol. The molecule has 0 bridgehead atoms. The highest BCUT2D eigenvalue weighted by Crippen LogP contribution is 2.24. The second kappa shape index (κ2) is 4.52. The molecule has 0 aliphatic carbocycles. The predicted molar refractivity (Wildman–Crippen MR) is 55.7 cm³/mol. The van der Waals surface area contributed by atoms with E-state index >= 15 is 0 Å². The number of hydrogen-bond donors (Lipinski definition) is 1. The van der Waals surface area contributed by atoms with Gasteiger partial charge in [0.15, 0.2) is 0 Å². The van der Waals surface area contributed by atoms with Gasteiger partial charge in [0.2, 0.25) is 5.91 Å². The highest BCUT2D eigenvalue weighted by Gasteiger charge is 2.09. The topological polar surface area (TPSA) is 89.6 Å². The molecule has 0 unspecified atom stereocenters. The lowest BCUT2D eigenvalue weighted by molar-refractivity contribution is -0.112. The molecule has 0 saturated carbocycles. The number of carbonyl (C=O) groups excluding carboxylic acids is 1. The van der Waals surface area contributed by atoms with Gasteiger partial charge in [-0.15, -0.1) is 4.36 Å². The van der Waals surface area contributed by atoms with E-state index in [1.165, 1.54) is 12.1 Å². The van der Waals surface area contributed by atoms with Gasteiger partial charge >= 0.3 is 10.5 Å². The third-order valence-electron chi connectivity index (χ3n) is 1.70. The van der Waals surface area contributed by atoms with Gasteiger partial charge in [0.25, 0.3) is 0 Å². The van der Waals surface area contributed by atoms with Crippen molar-refractivity contribution in [2.45, 2.75) is 0 Å². The van der Waals surface area contributed by atoms with Gasteiger partial charge in [-0.25, -0.2) is 0 Å². The van der Waals surface area contributed by atoms with Crippen molar-refractivity contribution in [3.05, 3.63) is 36.4 Å². The molecular formula is C9H8N2O3S. The van der Waals surface area contributed by atoms with Crippen LogP contribution in [0.3, 0.4) is 0 Å². The zero-order valence-corrected chi connectivity index (χ0v) is 8.49. The number of nitrogens with zero attached hydrogens (tertiary/aromatic N) is 1. The predicted octanol–water partition coefficient (Wildman–Crippen LogP) is 0.879. The van der Waals surface area contributed by atoms with E-state index in [1.807, 2.05) is 0 Å². The molecule has 0 aliphatic rings. The maximum Gasteiger partial charge on any atom is 0.316 e. The highest BCUT2D eigenvalue weighted by molar-refractivity contribution is 7.61. The van der Waals surface area contributed by atoms with E-state index < -0.39 is 16.4 Å². The molecule has 2 N–H and O–H groups in total. The highest BCUT2D eigenvalue weighted by atomic mass is 32.2. The summed E-state index contributed by atoms with van der Waals surface area (Å²) >= 11 is 0. The minimum Gasteiger partial charge on any atom is -0.366 e. The van der Waals surface area contributed by atoms with Crippen molar-refractivity contribution in [2.24, 2.45) is 10.1 Å². The lowest BCUT2D eigenvalue weighted by atomic mass is 10.1. The van der Waals surface area contributed by atoms with Gasteiger partial charge in [0.1, 0.15) is 0 Å². The zero-order valence-electron chi connectivity index (χ0n) is 7.67. The Labute approximate surface area is 87.9 Å². The van der Waals surface area contributed by atoms with Crippen LogP contribution in [0.25, 0.3) is 5.57 Å². The number of primary amides is 1. The number of carbonyl (C=O) groups is 1. The second-order valence-corrected chi connectivity index (χ2v) is 3.29. The van der Waals surface area contributed by atoms with Gasteiger partial charge in [0.05, 0.1) is 5.69 Å². The van der Waals surface area contributed by atoms with Crippen LogP contribution in [-0.4, -0.2) is 14.3 Å². The number of hydrogen-bond acceptors (Lipinski definition) is 4. The van der Waals surface area contributed by atoms with Crippen molar-refractivity contribution in [3.63, 3.8) is 0 Å². The molecule has 0 fully saturated rings. The van der Waals surface area contributed by atoms with Crippen LogP contribution < -0.4 is 5.73 Å². The summed E-state index contributed by atoms with van der Waals surface area (Å²) in [4.78, 5) is 10.9. The lowest BCUT2D eigenvalue weighted by Crippen LogP contribution is -2.11. The number of nitrogens with two attached hydrogens (primary N) is 1. The standard InChI is InChI=1S/C9H8N2O3S/c1-6(9(10)12)7-4-2-3-5-8(7)11-15(13)14/h2-5H,1H2,(H2,10,12). The molecule has 0 heterocycles. The Morgan fingerprint density at radius 3 is 2.47 bits per heavy atom. The van der Waals surface area contributed by atoms with E-state index in [1.54, 1.807) is 12.1 Å². The van der Waals surface area contributed by atoms with Crippen LogP contribution in [0.4, 0.5) is 5.69 Å². The Balaban J connectivity index is 3.36. The van der Waals surface area contributed by atoms with Gasteiger partial charge in [-0.3, -0.25) is 4.79 Å². The molecule has 0 atom stereocenters. The molecule has 6 heteroatoms. The molecule has 0 aliphatic heterocycles. The first-order valence-electron chi connectivity index (χ1n) is 3.91. The summed E-state index contributed by atoms with van der Waals surface area (Å²) in [5.74, 6) is -0.714. The van der Waals surface area contributed by atoms with Crippen molar-refractivity contribution in [1.29, 1.82) is 0 Å². The van der Waals surface area contributed by atoms with E-state index in [-0.39, 0.29) is 11.3 Å². The second-order valence-electron chi connectivity index (χ2n) is 2.67. The van der Waals surface area contributed by atoms with Gasteiger partial charge in [-0.05, 0) is 6.07 Å². The maximum absolute atomic E-state index is 10.9. The van der Waals surface area contributed by atoms with E-state index in [2.05, 4.69) is 10.9 Å². The fourth-order valence-corrected chi connectivity index (χ4v) is 1.34. The minimum absolute atomic E-state index is 0.0276. The van der Waals surface area contributed by atoms with Crippen molar-refractivity contribution in [2.75, 3.05) is 0 Å². The SMILES string of the molecule is C=C(C(N)=O)c1ccccc1N=S(=O)=O. The van der Waals surface area contributed by atoms with Crippen LogP contribution in [0.2, 0.25) is 0 Å². The van der Waals surface area contributed by atoms with E-state index in [9.17, 15) is 13.2 Å². The fraction of sp³-hybridized carbons (Fsp3) is 0. The number of amides is 1. The van der Waals surface area contributed by atoms with Gasteiger partial charge in [-0.1, -0.05) is 24.8 Å². The Kier molecular flexibility index (Phi) is 3.35. The Morgan fingerprint density at radius 2 is 1.93 bits per heavy atom. The van der Waals surface area contributed by atoms with Crippen molar-refractivity contribution >= 4 is 27.7 Å². The van der Waals surface area contributed by atoms with Crippen LogP contribution in [0, 0.1) is 0 Å². The molecule has 5 nitrogen and oxygen atoms in total. The average Bonchev–Trinajstić information content (AvgIpc) is 2.16. The van der Waals surface area contributed by atoms with E-state index in [0.717, 1.165) is 0 Å². The first-order chi connectivity index (χ1) is 7.02. The molecule has 1 rings (SSSR count). The molecular weight excluding hydrogens is 216 g/mol. The molecule has 15 heavy (non-hydrogen) atoms. The summed E-state index contributed by atoms with van der Waals surface area (Å²) in [6, 6.07) is 6.22. The molecule has 0 radical (unpaired) electrons. The molecule has 0 spiro atoms. The maximum atomic E-state index is 10.9. The van der Waals surface area contributed by atoms with Crippen LogP contribution >= 0.6 is 0 Å². The lowest BCUT2D eigenvalue weighted by Gasteiger charge is -2.03. The number of rotatable bonds is 3. The third-order valence-corrected chi connectivity index (χ3v) is 2.05. The molecule has 0 saturated heterocycles. The normalized spacial score (nSPS) is 9.33. The molecule has 0 aromatic heterocycles. The summed E-state index contributed by atoms with van der Waals surface area (Å²) in [5, 5.41) is 0. The van der Waals surface area contributed by atoms with E-state index in [4.69, 9.17) is 5.73 Å². The smallest absolute Gasteiger partial charge is 0.316 e. The summed E-state index contributed by atoms with van der Waals surface area (Å²) in [6.07, 6.45) is 0. The molecule has 78 valence electrons. The van der Waals surface area contributed by atoms with Gasteiger partial charge in [-0.2, -0.15) is 8.42 Å². The van der Waals surface area contributed by atoms with Crippen molar-refractivity contribution in [3.8, 4) is 0 Å². The van der Waals surface area contributed by atoms with Crippen molar-refractivity contribution < 1.29 is 13.2 Å². The Bertz CT molecular complexity index is 538. The number of benzene rings is 1. The molecule has 1 aromatic carbocycles. The first kappa shape index (κ1) is 11.1. The van der Waals surface area contributed by atoms with Gasteiger partial charge < -0.3 is 5.73 Å². The van der Waals surface area contributed by atoms with Crippen LogP contribution in [-0.2, 0) is 15.3 Å². The Hall–Kier alpha value is -1.95. The molecule has 1 amide bonds. The van der Waals surface area contributed by atoms with Gasteiger partial charge in [0, 0.05) is 11.1 Å². The first-order valence-corrected chi connectivity index (χ1v) is 4.95. The quantitative estimate of drug-likeness (QED) is 0.773. The summed E-state index contributed by atoms with van der Waals surface area (Å²) in [5.41, 5.74) is 5.52.